The summed E-state index contributed by atoms with van der Waals surface area (Å²) in [5.41, 5.74) is 0.988. The molecule has 1 aliphatic rings. The third-order valence-electron chi connectivity index (χ3n) is 4.06. The first kappa shape index (κ1) is 19.0. The summed E-state index contributed by atoms with van der Waals surface area (Å²) in [6.45, 7) is 1.66. The van der Waals surface area contributed by atoms with E-state index in [0.29, 0.717) is 6.42 Å². The minimum Gasteiger partial charge on any atom is -0.459 e. The van der Waals surface area contributed by atoms with Gasteiger partial charge in [-0.2, -0.15) is 0 Å². The van der Waals surface area contributed by atoms with Crippen LogP contribution in [-0.4, -0.2) is 37.0 Å². The Bertz CT molecular complexity index is 670. The van der Waals surface area contributed by atoms with Crippen molar-refractivity contribution in [3.8, 4) is 0 Å². The van der Waals surface area contributed by atoms with Gasteiger partial charge in [-0.25, -0.2) is 0 Å². The van der Waals surface area contributed by atoms with Crippen molar-refractivity contribution >= 4 is 24.2 Å². The van der Waals surface area contributed by atoms with Crippen LogP contribution in [0.1, 0.15) is 22.5 Å². The maximum atomic E-state index is 12.6. The molecule has 2 amide bonds. The van der Waals surface area contributed by atoms with Gasteiger partial charge in [-0.3, -0.25) is 9.59 Å². The van der Waals surface area contributed by atoms with Crippen molar-refractivity contribution in [3.05, 3.63) is 60.1 Å². The van der Waals surface area contributed by atoms with Gasteiger partial charge in [0.2, 0.25) is 5.91 Å². The van der Waals surface area contributed by atoms with Crippen molar-refractivity contribution in [2.24, 2.45) is 0 Å². The number of hydrogen-bond donors (Lipinski definition) is 3. The number of furan rings is 1. The third-order valence-corrected chi connectivity index (χ3v) is 4.06. The molecular formula is C18H22ClN3O3. The van der Waals surface area contributed by atoms with Crippen LogP contribution < -0.4 is 16.0 Å². The van der Waals surface area contributed by atoms with Crippen LogP contribution in [0.2, 0.25) is 0 Å². The van der Waals surface area contributed by atoms with Crippen LogP contribution in [-0.2, 0) is 11.2 Å². The lowest BCUT2D eigenvalue weighted by atomic mass is 10.0. The lowest BCUT2D eigenvalue weighted by Crippen LogP contribution is -2.51. The number of halogens is 1. The van der Waals surface area contributed by atoms with Crippen molar-refractivity contribution in [2.75, 3.05) is 13.1 Å². The lowest BCUT2D eigenvalue weighted by Gasteiger charge is -2.20. The van der Waals surface area contributed by atoms with E-state index in [-0.39, 0.29) is 36.0 Å². The molecule has 2 unspecified atom stereocenters. The molecule has 2 atom stereocenters. The van der Waals surface area contributed by atoms with Gasteiger partial charge in [0.25, 0.3) is 5.91 Å². The van der Waals surface area contributed by atoms with Crippen molar-refractivity contribution in [2.45, 2.75) is 24.9 Å². The predicted octanol–water partition coefficient (Wildman–Crippen LogP) is 1.52. The molecule has 2 aromatic rings. The standard InChI is InChI=1S/C18H21N3O3.ClH/c22-17(20-14-8-9-19-12-14)15(11-13-5-2-1-3-6-13)21-18(23)16-7-4-10-24-16;/h1-7,10,14-15,19H,8-9,11-12H2,(H,20,22)(H,21,23);1H. The van der Waals surface area contributed by atoms with E-state index in [1.54, 1.807) is 12.1 Å². The molecule has 6 nitrogen and oxygen atoms in total. The van der Waals surface area contributed by atoms with E-state index in [1.165, 1.54) is 6.26 Å². The number of benzene rings is 1. The van der Waals surface area contributed by atoms with E-state index < -0.39 is 6.04 Å². The summed E-state index contributed by atoms with van der Waals surface area (Å²) in [6, 6.07) is 12.3. The number of carbonyl (C=O) groups excluding carboxylic acids is 2. The maximum Gasteiger partial charge on any atom is 0.287 e. The predicted molar refractivity (Wildman–Crippen MR) is 96.8 cm³/mol. The van der Waals surface area contributed by atoms with E-state index >= 15 is 0 Å². The molecule has 1 aliphatic heterocycles. The second-order valence-corrected chi connectivity index (χ2v) is 5.89. The Labute approximate surface area is 152 Å². The first-order chi connectivity index (χ1) is 11.7. The van der Waals surface area contributed by atoms with E-state index in [9.17, 15) is 9.59 Å². The highest BCUT2D eigenvalue weighted by atomic mass is 35.5. The minimum absolute atomic E-state index is 0. The van der Waals surface area contributed by atoms with E-state index in [2.05, 4.69) is 16.0 Å². The molecule has 3 N–H and O–H groups in total. The summed E-state index contributed by atoms with van der Waals surface area (Å²) in [6.07, 6.45) is 2.76. The van der Waals surface area contributed by atoms with Crippen molar-refractivity contribution < 1.29 is 14.0 Å². The summed E-state index contributed by atoms with van der Waals surface area (Å²) in [5, 5.41) is 8.99. The molecular weight excluding hydrogens is 342 g/mol. The minimum atomic E-state index is -0.648. The number of carbonyl (C=O) groups is 2. The Hall–Kier alpha value is -2.31. The van der Waals surface area contributed by atoms with E-state index in [0.717, 1.165) is 25.1 Å². The summed E-state index contributed by atoms with van der Waals surface area (Å²) in [5.74, 6) is -0.364. The zero-order valence-corrected chi connectivity index (χ0v) is 14.6. The quantitative estimate of drug-likeness (QED) is 0.726. The Morgan fingerprint density at radius 3 is 2.64 bits per heavy atom. The smallest absolute Gasteiger partial charge is 0.287 e. The van der Waals surface area contributed by atoms with Crippen LogP contribution in [0.15, 0.2) is 53.1 Å². The van der Waals surface area contributed by atoms with Crippen LogP contribution in [0.25, 0.3) is 0 Å². The first-order valence-corrected chi connectivity index (χ1v) is 8.12. The van der Waals surface area contributed by atoms with E-state index in [4.69, 9.17) is 4.42 Å². The Balaban J connectivity index is 0.00000225. The van der Waals surface area contributed by atoms with Gasteiger partial charge in [0, 0.05) is 19.0 Å². The third kappa shape index (κ3) is 5.34. The number of amides is 2. The summed E-state index contributed by atoms with van der Waals surface area (Å²) in [4.78, 5) is 24.9. The fourth-order valence-corrected chi connectivity index (χ4v) is 2.78. The molecule has 0 saturated carbocycles. The molecule has 1 aromatic heterocycles. The SMILES string of the molecule is Cl.O=C(NC(Cc1ccccc1)C(=O)NC1CCNC1)c1ccco1. The number of hydrogen-bond acceptors (Lipinski definition) is 4. The Morgan fingerprint density at radius 1 is 1.20 bits per heavy atom. The monoisotopic (exact) mass is 363 g/mol. The van der Waals surface area contributed by atoms with Gasteiger partial charge < -0.3 is 20.4 Å². The largest absolute Gasteiger partial charge is 0.459 e. The highest BCUT2D eigenvalue weighted by molar-refractivity contribution is 5.95. The molecule has 1 fully saturated rings. The normalized spacial score (nSPS) is 17.4. The summed E-state index contributed by atoms with van der Waals surface area (Å²) >= 11 is 0. The summed E-state index contributed by atoms with van der Waals surface area (Å²) in [7, 11) is 0. The van der Waals surface area contributed by atoms with Gasteiger partial charge in [-0.15, -0.1) is 12.4 Å². The molecule has 1 aromatic carbocycles. The van der Waals surface area contributed by atoms with Crippen molar-refractivity contribution in [1.82, 2.24) is 16.0 Å². The first-order valence-electron chi connectivity index (χ1n) is 8.12. The van der Waals surface area contributed by atoms with E-state index in [1.807, 2.05) is 30.3 Å². The van der Waals surface area contributed by atoms with Crippen LogP contribution in [0, 0.1) is 0 Å². The van der Waals surface area contributed by atoms with Crippen LogP contribution in [0.4, 0.5) is 0 Å². The fourth-order valence-electron chi connectivity index (χ4n) is 2.78. The zero-order chi connectivity index (χ0) is 16.8. The molecule has 7 heteroatoms. The van der Waals surface area contributed by atoms with Gasteiger partial charge in [-0.05, 0) is 30.7 Å². The molecule has 1 saturated heterocycles. The second-order valence-electron chi connectivity index (χ2n) is 5.89. The van der Waals surface area contributed by atoms with Crippen LogP contribution >= 0.6 is 12.4 Å². The van der Waals surface area contributed by atoms with Gasteiger partial charge in [0.05, 0.1) is 6.26 Å². The average molecular weight is 364 g/mol. The van der Waals surface area contributed by atoms with Crippen LogP contribution in [0.3, 0.4) is 0 Å². The van der Waals surface area contributed by atoms with Crippen molar-refractivity contribution in [1.29, 1.82) is 0 Å². The van der Waals surface area contributed by atoms with Gasteiger partial charge in [0.15, 0.2) is 5.76 Å². The van der Waals surface area contributed by atoms with Gasteiger partial charge >= 0.3 is 0 Å². The molecule has 0 spiro atoms. The fraction of sp³-hybridized carbons (Fsp3) is 0.333. The molecule has 0 aliphatic carbocycles. The topological polar surface area (TPSA) is 83.4 Å². The highest BCUT2D eigenvalue weighted by Crippen LogP contribution is 2.07. The van der Waals surface area contributed by atoms with Crippen LogP contribution in [0.5, 0.6) is 0 Å². The van der Waals surface area contributed by atoms with Crippen molar-refractivity contribution in [3.63, 3.8) is 0 Å². The van der Waals surface area contributed by atoms with Gasteiger partial charge in [0.1, 0.15) is 6.04 Å². The molecule has 134 valence electrons. The van der Waals surface area contributed by atoms with Gasteiger partial charge in [-0.1, -0.05) is 30.3 Å². The molecule has 25 heavy (non-hydrogen) atoms. The highest BCUT2D eigenvalue weighted by Gasteiger charge is 2.26. The number of rotatable bonds is 6. The Kier molecular flexibility index (Phi) is 7.03. The lowest BCUT2D eigenvalue weighted by molar-refractivity contribution is -0.123. The number of nitrogens with one attached hydrogen (secondary N) is 3. The molecule has 2 heterocycles. The Morgan fingerprint density at radius 2 is 2.00 bits per heavy atom. The molecule has 0 radical (unpaired) electrons. The average Bonchev–Trinajstić information content (AvgIpc) is 3.29. The molecule has 3 rings (SSSR count). The second kappa shape index (κ2) is 9.25. The summed E-state index contributed by atoms with van der Waals surface area (Å²) < 4.78 is 5.11. The maximum absolute atomic E-state index is 12.6. The molecule has 0 bridgehead atoms. The zero-order valence-electron chi connectivity index (χ0n) is 13.7.